The summed E-state index contributed by atoms with van der Waals surface area (Å²) in [6.45, 7) is 0.197. The molecular weight excluding hydrogens is 441 g/mol. The number of alkyl halides is 3. The minimum absolute atomic E-state index is 0.0391. The van der Waals surface area contributed by atoms with Crippen LogP contribution >= 0.6 is 0 Å². The summed E-state index contributed by atoms with van der Waals surface area (Å²) in [7, 11) is 0. The maximum absolute atomic E-state index is 14.1. The molecule has 4 nitrogen and oxygen atoms in total. The number of fused-ring (bicyclic) bond motifs is 1. The van der Waals surface area contributed by atoms with Crippen LogP contribution in [0, 0.1) is 5.82 Å². The van der Waals surface area contributed by atoms with Crippen molar-refractivity contribution in [1.29, 1.82) is 0 Å². The maximum atomic E-state index is 14.1. The smallest absolute Gasteiger partial charge is 0.359 e. The van der Waals surface area contributed by atoms with Crippen LogP contribution in [0.4, 0.5) is 22.0 Å². The van der Waals surface area contributed by atoms with E-state index in [0.29, 0.717) is 35.2 Å². The van der Waals surface area contributed by atoms with Gasteiger partial charge in [0.05, 0.1) is 23.5 Å². The highest BCUT2D eigenvalue weighted by Gasteiger charge is 2.35. The van der Waals surface area contributed by atoms with E-state index in [9.17, 15) is 22.0 Å². The maximum Gasteiger partial charge on any atom is 0.417 e. The molecule has 9 heteroatoms. The Balaban J connectivity index is 1.41. The summed E-state index contributed by atoms with van der Waals surface area (Å²) in [6.07, 6.45) is 3.58. The molecule has 0 unspecified atom stereocenters. The van der Waals surface area contributed by atoms with Gasteiger partial charge < -0.3 is 9.09 Å². The molecule has 33 heavy (non-hydrogen) atoms. The number of halogens is 5. The highest BCUT2D eigenvalue weighted by atomic mass is 19.4. The zero-order valence-electron chi connectivity index (χ0n) is 17.0. The number of benzene rings is 1. The van der Waals surface area contributed by atoms with Crippen molar-refractivity contribution in [2.24, 2.45) is 0 Å². The first-order chi connectivity index (χ1) is 15.8. The molecule has 0 bridgehead atoms. The number of hydrogen-bond acceptors (Lipinski definition) is 3. The van der Waals surface area contributed by atoms with Crippen molar-refractivity contribution in [3.8, 4) is 22.5 Å². The average Bonchev–Trinajstić information content (AvgIpc) is 3.40. The van der Waals surface area contributed by atoms with E-state index in [2.05, 4.69) is 10.1 Å². The Hall–Kier alpha value is -3.75. The predicted molar refractivity (Wildman–Crippen MR) is 111 cm³/mol. The van der Waals surface area contributed by atoms with Crippen LogP contribution in [-0.4, -0.2) is 14.7 Å². The molecule has 5 rings (SSSR count). The molecule has 1 aliphatic carbocycles. The molecule has 0 spiro atoms. The van der Waals surface area contributed by atoms with Crippen LogP contribution in [-0.2, 0) is 12.7 Å². The molecule has 1 aromatic heterocycles. The lowest BCUT2D eigenvalue weighted by atomic mass is 10.0. The van der Waals surface area contributed by atoms with E-state index in [1.54, 1.807) is 35.2 Å². The second-order valence-electron chi connectivity index (χ2n) is 7.71. The second-order valence-corrected chi connectivity index (χ2v) is 7.71. The first-order valence-corrected chi connectivity index (χ1v) is 10.1. The van der Waals surface area contributed by atoms with E-state index in [1.165, 1.54) is 6.07 Å². The first kappa shape index (κ1) is 21.1. The Morgan fingerprint density at radius 1 is 0.939 bits per heavy atom. The first-order valence-electron chi connectivity index (χ1n) is 10.1. The number of rotatable bonds is 4. The van der Waals surface area contributed by atoms with Crippen molar-refractivity contribution < 1.29 is 26.5 Å². The van der Waals surface area contributed by atoms with Gasteiger partial charge in [-0.1, -0.05) is 11.2 Å². The van der Waals surface area contributed by atoms with E-state index in [1.807, 2.05) is 6.08 Å². The fraction of sp³-hybridized carbons (Fsp3) is 0.167. The van der Waals surface area contributed by atoms with E-state index >= 15 is 0 Å². The van der Waals surface area contributed by atoms with Gasteiger partial charge in [-0.3, -0.25) is 0 Å². The van der Waals surface area contributed by atoms with Gasteiger partial charge in [0.25, 0.3) is 0 Å². The second kappa shape index (κ2) is 7.99. The molecule has 0 saturated carbocycles. The summed E-state index contributed by atoms with van der Waals surface area (Å²) in [6, 6.07) is 7.36. The number of aromatic nitrogens is 3. The molecule has 0 saturated heterocycles. The largest absolute Gasteiger partial charge is 0.417 e. The summed E-state index contributed by atoms with van der Waals surface area (Å²) >= 11 is 0. The third kappa shape index (κ3) is 4.18. The van der Waals surface area contributed by atoms with Crippen LogP contribution in [0.5, 0.6) is 0 Å². The van der Waals surface area contributed by atoms with Crippen molar-refractivity contribution in [2.75, 3.05) is 0 Å². The molecule has 0 amide bonds. The minimum atomic E-state index is -4.73. The highest BCUT2D eigenvalue weighted by molar-refractivity contribution is 5.80. The molecule has 0 atom stereocenters. The number of hydrogen-bond donors (Lipinski definition) is 0. The summed E-state index contributed by atoms with van der Waals surface area (Å²) < 4.78 is 74.4. The normalized spacial score (nSPS) is 14.5. The molecule has 0 fully saturated rings. The Morgan fingerprint density at radius 2 is 1.76 bits per heavy atom. The molecule has 0 radical (unpaired) electrons. The van der Waals surface area contributed by atoms with Crippen LogP contribution < -0.4 is 0 Å². The summed E-state index contributed by atoms with van der Waals surface area (Å²) in [5, 5.41) is 3.74. The molecule has 0 N–H and O–H groups in total. The fourth-order valence-electron chi connectivity index (χ4n) is 3.85. The number of nitrogens with zero attached hydrogens (tertiary/aromatic N) is 3. The molecule has 2 aromatic rings. The lowest BCUT2D eigenvalue weighted by molar-refractivity contribution is -0.137. The van der Waals surface area contributed by atoms with Crippen molar-refractivity contribution in [3.05, 3.63) is 89.6 Å². The van der Waals surface area contributed by atoms with Crippen molar-refractivity contribution in [3.63, 3.8) is 0 Å². The van der Waals surface area contributed by atoms with Crippen LogP contribution in [0.25, 0.3) is 28.1 Å². The third-order valence-corrected chi connectivity index (χ3v) is 5.39. The van der Waals surface area contributed by atoms with E-state index in [-0.39, 0.29) is 23.6 Å². The molecule has 168 valence electrons. The topological polar surface area (TPSA) is 43.9 Å². The Kier molecular flexibility index (Phi) is 5.11. The predicted octanol–water partition coefficient (Wildman–Crippen LogP) is 6.88. The average molecular weight is 457 g/mol. The van der Waals surface area contributed by atoms with Crippen LogP contribution in [0.15, 0.2) is 71.3 Å². The van der Waals surface area contributed by atoms with Crippen LogP contribution in [0.3, 0.4) is 0 Å². The quantitative estimate of drug-likeness (QED) is 0.314. The van der Waals surface area contributed by atoms with E-state index in [4.69, 9.17) is 4.52 Å². The molecule has 3 aliphatic rings. The molecule has 2 aliphatic heterocycles. The van der Waals surface area contributed by atoms with E-state index in [0.717, 1.165) is 24.1 Å². The van der Waals surface area contributed by atoms with Gasteiger partial charge in [-0.25, -0.2) is 13.8 Å². The highest BCUT2D eigenvalue weighted by Crippen LogP contribution is 2.37. The third-order valence-electron chi connectivity index (χ3n) is 5.39. The van der Waals surface area contributed by atoms with Gasteiger partial charge in [-0.15, -0.1) is 0 Å². The van der Waals surface area contributed by atoms with Gasteiger partial charge in [-0.05, 0) is 49.2 Å². The minimum Gasteiger partial charge on any atom is -0.359 e. The lowest BCUT2D eigenvalue weighted by Crippen LogP contribution is -2.07. The summed E-state index contributed by atoms with van der Waals surface area (Å²) in [4.78, 5) is 4.48. The van der Waals surface area contributed by atoms with Gasteiger partial charge in [-0.2, -0.15) is 13.2 Å². The fourth-order valence-corrected chi connectivity index (χ4v) is 3.85. The van der Waals surface area contributed by atoms with Gasteiger partial charge in [0, 0.05) is 35.2 Å². The monoisotopic (exact) mass is 457 g/mol. The zero-order chi connectivity index (χ0) is 23.2. The SMILES string of the molecule is FC1=CCCC=C1c1cc2cn(Cc3cc(-c4ccc(F)cc4C(F)(F)F)no3)ccc-2n1. The molecule has 1 aromatic carbocycles. The van der Waals surface area contributed by atoms with Crippen LogP contribution in [0.1, 0.15) is 29.9 Å². The van der Waals surface area contributed by atoms with Gasteiger partial charge in [0.2, 0.25) is 0 Å². The Labute approximate surface area is 185 Å². The van der Waals surface area contributed by atoms with Crippen molar-refractivity contribution >= 4 is 5.57 Å². The Morgan fingerprint density at radius 3 is 2.55 bits per heavy atom. The van der Waals surface area contributed by atoms with Crippen molar-refractivity contribution in [2.45, 2.75) is 25.6 Å². The number of allylic oxidation sites excluding steroid dienone is 4. The van der Waals surface area contributed by atoms with Gasteiger partial charge >= 0.3 is 6.18 Å². The molecular formula is C24H16F5N3O. The zero-order valence-corrected chi connectivity index (χ0v) is 17.0. The van der Waals surface area contributed by atoms with Gasteiger partial charge in [0.1, 0.15) is 17.3 Å². The standard InChI is InChI=1S/C24H16F5N3O/c25-15-5-6-17(19(10-15)24(27,28)29)23-11-16(33-31-23)13-32-8-7-21-14(12-32)9-22(30-21)18-3-1-2-4-20(18)26/h3-12H,1-2,13H2. The Bertz CT molecular complexity index is 1360. The van der Waals surface area contributed by atoms with Gasteiger partial charge in [0.15, 0.2) is 5.76 Å². The molecule has 3 heterocycles. The van der Waals surface area contributed by atoms with E-state index < -0.39 is 17.6 Å². The number of pyridine rings is 1. The summed E-state index contributed by atoms with van der Waals surface area (Å²) in [5.41, 5.74) is 1.08. The van der Waals surface area contributed by atoms with Crippen LogP contribution in [0.2, 0.25) is 0 Å². The lowest BCUT2D eigenvalue weighted by Gasteiger charge is -2.10. The summed E-state index contributed by atoms with van der Waals surface area (Å²) in [5.74, 6) is -0.957. The van der Waals surface area contributed by atoms with Crippen molar-refractivity contribution in [1.82, 2.24) is 14.7 Å².